The van der Waals surface area contributed by atoms with Crippen molar-refractivity contribution >= 4 is 21.6 Å². The average Bonchev–Trinajstić information content (AvgIpc) is 2.79. The standard InChI is InChI=1S/C25H28N2O4S/c1-19(2)21-8-10-22(11-9-21)27-25(28)18-31-23-12-14-24(15-13-23)32(29,30)26-17-16-20-6-4-3-5-7-20/h3-15,19,26H,16-18H2,1-2H3,(H,27,28). The van der Waals surface area contributed by atoms with E-state index in [4.69, 9.17) is 4.74 Å². The smallest absolute Gasteiger partial charge is 0.262 e. The Morgan fingerprint density at radius 3 is 2.19 bits per heavy atom. The number of rotatable bonds is 10. The Bertz CT molecular complexity index is 1110. The second kappa shape index (κ2) is 10.9. The first-order valence-corrected chi connectivity index (χ1v) is 12.0. The molecule has 168 valence electrons. The fraction of sp³-hybridized carbons (Fsp3) is 0.240. The molecule has 0 atom stereocenters. The highest BCUT2D eigenvalue weighted by atomic mass is 32.2. The number of ether oxygens (including phenoxy) is 1. The van der Waals surface area contributed by atoms with Gasteiger partial charge in [0.1, 0.15) is 5.75 Å². The van der Waals surface area contributed by atoms with E-state index in [-0.39, 0.29) is 17.4 Å². The number of benzene rings is 3. The summed E-state index contributed by atoms with van der Waals surface area (Å²) in [5.74, 6) is 0.550. The molecule has 0 saturated heterocycles. The fourth-order valence-corrected chi connectivity index (χ4v) is 4.10. The maximum absolute atomic E-state index is 12.5. The molecule has 0 saturated carbocycles. The van der Waals surface area contributed by atoms with E-state index in [1.165, 1.54) is 29.8 Å². The highest BCUT2D eigenvalue weighted by Crippen LogP contribution is 2.18. The minimum atomic E-state index is -3.61. The van der Waals surface area contributed by atoms with Crippen LogP contribution in [0.2, 0.25) is 0 Å². The molecule has 6 nitrogen and oxygen atoms in total. The molecule has 0 fully saturated rings. The number of carbonyl (C=O) groups excluding carboxylic acids is 1. The van der Waals surface area contributed by atoms with Crippen LogP contribution in [0.25, 0.3) is 0 Å². The Labute approximate surface area is 189 Å². The van der Waals surface area contributed by atoms with Gasteiger partial charge < -0.3 is 10.1 Å². The zero-order chi connectivity index (χ0) is 23.0. The van der Waals surface area contributed by atoms with Crippen molar-refractivity contribution in [3.05, 3.63) is 90.0 Å². The minimum absolute atomic E-state index is 0.146. The molecule has 3 rings (SSSR count). The Balaban J connectivity index is 1.47. The van der Waals surface area contributed by atoms with E-state index in [9.17, 15) is 13.2 Å². The summed E-state index contributed by atoms with van der Waals surface area (Å²) >= 11 is 0. The van der Waals surface area contributed by atoms with Crippen LogP contribution in [-0.2, 0) is 21.2 Å². The number of nitrogens with one attached hydrogen (secondary N) is 2. The molecule has 0 aliphatic heterocycles. The molecule has 0 aromatic heterocycles. The van der Waals surface area contributed by atoms with Crippen LogP contribution in [0.3, 0.4) is 0 Å². The lowest BCUT2D eigenvalue weighted by Gasteiger charge is -2.10. The van der Waals surface area contributed by atoms with Crippen LogP contribution in [0.4, 0.5) is 5.69 Å². The fourth-order valence-electron chi connectivity index (χ4n) is 3.07. The lowest BCUT2D eigenvalue weighted by molar-refractivity contribution is -0.118. The lowest BCUT2D eigenvalue weighted by atomic mass is 10.0. The van der Waals surface area contributed by atoms with E-state index in [1.807, 2.05) is 54.6 Å². The average molecular weight is 453 g/mol. The molecular weight excluding hydrogens is 424 g/mol. The van der Waals surface area contributed by atoms with E-state index >= 15 is 0 Å². The van der Waals surface area contributed by atoms with Gasteiger partial charge in [0.05, 0.1) is 4.90 Å². The first-order valence-electron chi connectivity index (χ1n) is 10.5. The second-order valence-electron chi connectivity index (χ2n) is 7.72. The Morgan fingerprint density at radius 2 is 1.56 bits per heavy atom. The van der Waals surface area contributed by atoms with Gasteiger partial charge in [0.15, 0.2) is 6.61 Å². The number of hydrogen-bond donors (Lipinski definition) is 2. The third-order valence-corrected chi connectivity index (χ3v) is 6.39. The molecule has 3 aromatic rings. The van der Waals surface area contributed by atoms with E-state index in [2.05, 4.69) is 23.9 Å². The molecule has 0 bridgehead atoms. The monoisotopic (exact) mass is 452 g/mol. The van der Waals surface area contributed by atoms with Crippen LogP contribution < -0.4 is 14.8 Å². The predicted molar refractivity (Wildman–Crippen MR) is 126 cm³/mol. The van der Waals surface area contributed by atoms with E-state index < -0.39 is 10.0 Å². The zero-order valence-electron chi connectivity index (χ0n) is 18.2. The summed E-state index contributed by atoms with van der Waals surface area (Å²) in [6.45, 7) is 4.35. The van der Waals surface area contributed by atoms with Crippen LogP contribution in [-0.4, -0.2) is 27.5 Å². The minimum Gasteiger partial charge on any atom is -0.484 e. The molecule has 1 amide bonds. The molecule has 32 heavy (non-hydrogen) atoms. The quantitative estimate of drug-likeness (QED) is 0.479. The molecular formula is C25H28N2O4S. The van der Waals surface area contributed by atoms with Crippen molar-refractivity contribution in [3.63, 3.8) is 0 Å². The Hall–Kier alpha value is -3.16. The summed E-state index contributed by atoms with van der Waals surface area (Å²) in [4.78, 5) is 12.3. The largest absolute Gasteiger partial charge is 0.484 e. The van der Waals surface area contributed by atoms with Gasteiger partial charge in [-0.15, -0.1) is 0 Å². The summed E-state index contributed by atoms with van der Waals surface area (Å²) in [5.41, 5.74) is 2.96. The van der Waals surface area contributed by atoms with Gasteiger partial charge in [-0.2, -0.15) is 0 Å². The van der Waals surface area contributed by atoms with Crippen molar-refractivity contribution in [3.8, 4) is 5.75 Å². The van der Waals surface area contributed by atoms with Gasteiger partial charge in [0.2, 0.25) is 10.0 Å². The highest BCUT2D eigenvalue weighted by molar-refractivity contribution is 7.89. The summed E-state index contributed by atoms with van der Waals surface area (Å²) in [7, 11) is -3.61. The molecule has 0 aliphatic carbocycles. The third-order valence-electron chi connectivity index (χ3n) is 4.91. The van der Waals surface area contributed by atoms with Crippen LogP contribution in [0.1, 0.15) is 30.9 Å². The maximum Gasteiger partial charge on any atom is 0.262 e. The molecule has 2 N–H and O–H groups in total. The van der Waals surface area contributed by atoms with Crippen LogP contribution in [0.15, 0.2) is 83.8 Å². The first-order chi connectivity index (χ1) is 15.3. The number of hydrogen-bond acceptors (Lipinski definition) is 4. The summed E-state index contributed by atoms with van der Waals surface area (Å²) in [5, 5.41) is 2.78. The van der Waals surface area contributed by atoms with Crippen molar-refractivity contribution in [1.82, 2.24) is 4.72 Å². The Kier molecular flexibility index (Phi) is 8.03. The molecule has 0 heterocycles. The first kappa shape index (κ1) is 23.5. The van der Waals surface area contributed by atoms with Gasteiger partial charge in [-0.25, -0.2) is 13.1 Å². The molecule has 0 radical (unpaired) electrons. The molecule has 7 heteroatoms. The molecule has 0 spiro atoms. The SMILES string of the molecule is CC(C)c1ccc(NC(=O)COc2ccc(S(=O)(=O)NCCc3ccccc3)cc2)cc1. The topological polar surface area (TPSA) is 84.5 Å². The van der Waals surface area contributed by atoms with Crippen LogP contribution in [0, 0.1) is 0 Å². The molecule has 0 aliphatic rings. The Morgan fingerprint density at radius 1 is 0.906 bits per heavy atom. The zero-order valence-corrected chi connectivity index (χ0v) is 19.1. The van der Waals surface area contributed by atoms with Gasteiger partial charge in [0.25, 0.3) is 5.91 Å². The second-order valence-corrected chi connectivity index (χ2v) is 9.49. The number of carbonyl (C=O) groups is 1. The summed E-state index contributed by atoms with van der Waals surface area (Å²) in [6, 6.07) is 23.4. The van der Waals surface area contributed by atoms with Gasteiger partial charge in [-0.3, -0.25) is 4.79 Å². The number of amides is 1. The number of sulfonamides is 1. The maximum atomic E-state index is 12.5. The van der Waals surface area contributed by atoms with Crippen molar-refractivity contribution in [1.29, 1.82) is 0 Å². The summed E-state index contributed by atoms with van der Waals surface area (Å²) < 4.78 is 33.0. The van der Waals surface area contributed by atoms with E-state index in [0.717, 1.165) is 5.56 Å². The normalized spacial score (nSPS) is 11.3. The van der Waals surface area contributed by atoms with Gasteiger partial charge >= 0.3 is 0 Å². The highest BCUT2D eigenvalue weighted by Gasteiger charge is 2.13. The van der Waals surface area contributed by atoms with Gasteiger partial charge in [-0.05, 0) is 59.9 Å². The predicted octanol–water partition coefficient (Wildman–Crippen LogP) is 4.35. The summed E-state index contributed by atoms with van der Waals surface area (Å²) in [6.07, 6.45) is 0.608. The number of anilines is 1. The van der Waals surface area contributed by atoms with Gasteiger partial charge in [0, 0.05) is 12.2 Å². The van der Waals surface area contributed by atoms with Crippen molar-refractivity contribution < 1.29 is 17.9 Å². The molecule has 0 unspecified atom stereocenters. The van der Waals surface area contributed by atoms with Gasteiger partial charge in [-0.1, -0.05) is 56.3 Å². The van der Waals surface area contributed by atoms with Crippen molar-refractivity contribution in [2.24, 2.45) is 0 Å². The van der Waals surface area contributed by atoms with Crippen LogP contribution >= 0.6 is 0 Å². The van der Waals surface area contributed by atoms with E-state index in [1.54, 1.807) is 0 Å². The van der Waals surface area contributed by atoms with Crippen molar-refractivity contribution in [2.45, 2.75) is 31.1 Å². The van der Waals surface area contributed by atoms with Crippen molar-refractivity contribution in [2.75, 3.05) is 18.5 Å². The van der Waals surface area contributed by atoms with E-state index in [0.29, 0.717) is 30.3 Å². The van der Waals surface area contributed by atoms with Crippen LogP contribution in [0.5, 0.6) is 5.75 Å². The molecule has 3 aromatic carbocycles. The lowest BCUT2D eigenvalue weighted by Crippen LogP contribution is -2.26. The third kappa shape index (κ3) is 6.93.